The summed E-state index contributed by atoms with van der Waals surface area (Å²) in [6.07, 6.45) is 0.522. The van der Waals surface area contributed by atoms with Crippen LogP contribution in [0.5, 0.6) is 0 Å². The number of rotatable bonds is 2. The van der Waals surface area contributed by atoms with E-state index in [9.17, 15) is 9.18 Å². The third kappa shape index (κ3) is 2.34. The molecule has 0 aliphatic heterocycles. The van der Waals surface area contributed by atoms with Gasteiger partial charge in [0.15, 0.2) is 6.29 Å². The molecule has 0 saturated carbocycles. The first-order valence-electron chi connectivity index (χ1n) is 4.80. The van der Waals surface area contributed by atoms with Gasteiger partial charge in [-0.1, -0.05) is 34.8 Å². The number of hydrogen-bond donors (Lipinski definition) is 0. The van der Waals surface area contributed by atoms with E-state index in [-0.39, 0.29) is 32.0 Å². The van der Waals surface area contributed by atoms with Gasteiger partial charge in [-0.25, -0.2) is 9.37 Å². The van der Waals surface area contributed by atoms with Gasteiger partial charge in [-0.2, -0.15) is 0 Å². The first kappa shape index (κ1) is 13.3. The Morgan fingerprint density at radius 1 is 1.06 bits per heavy atom. The highest BCUT2D eigenvalue weighted by atomic mass is 35.5. The summed E-state index contributed by atoms with van der Waals surface area (Å²) in [5, 5.41) is 0.476. The molecule has 2 rings (SSSR count). The molecule has 0 saturated heterocycles. The fraction of sp³-hybridized carbons (Fsp3) is 0. The SMILES string of the molecule is O=Cc1ccc(F)c(-c2ccc(Cl)c(Cl)c2Cl)n1. The maximum absolute atomic E-state index is 13.7. The second-order valence-electron chi connectivity index (χ2n) is 3.41. The molecule has 1 aromatic heterocycles. The van der Waals surface area contributed by atoms with Crippen molar-refractivity contribution in [2.24, 2.45) is 0 Å². The number of pyridine rings is 1. The summed E-state index contributed by atoms with van der Waals surface area (Å²) in [4.78, 5) is 14.5. The van der Waals surface area contributed by atoms with Gasteiger partial charge in [0.2, 0.25) is 0 Å². The van der Waals surface area contributed by atoms with Crippen LogP contribution in [0.25, 0.3) is 11.3 Å². The minimum absolute atomic E-state index is 0.0387. The zero-order valence-electron chi connectivity index (χ0n) is 8.75. The first-order chi connectivity index (χ1) is 8.54. The van der Waals surface area contributed by atoms with Crippen LogP contribution in [-0.2, 0) is 0 Å². The fourth-order valence-electron chi connectivity index (χ4n) is 1.42. The third-order valence-electron chi connectivity index (χ3n) is 2.28. The lowest BCUT2D eigenvalue weighted by Crippen LogP contribution is -1.95. The predicted molar refractivity (Wildman–Crippen MR) is 70.0 cm³/mol. The van der Waals surface area contributed by atoms with Crippen LogP contribution in [0.3, 0.4) is 0 Å². The van der Waals surface area contributed by atoms with Crippen LogP contribution in [0.1, 0.15) is 10.5 Å². The molecule has 0 unspecified atom stereocenters. The summed E-state index contributed by atoms with van der Waals surface area (Å²) >= 11 is 17.6. The average Bonchev–Trinajstić information content (AvgIpc) is 2.37. The molecule has 0 amide bonds. The highest BCUT2D eigenvalue weighted by Gasteiger charge is 2.15. The van der Waals surface area contributed by atoms with Crippen molar-refractivity contribution < 1.29 is 9.18 Å². The van der Waals surface area contributed by atoms with Crippen LogP contribution >= 0.6 is 34.8 Å². The summed E-state index contributed by atoms with van der Waals surface area (Å²) in [6.45, 7) is 0. The van der Waals surface area contributed by atoms with Crippen molar-refractivity contribution in [1.29, 1.82) is 0 Å². The number of halogens is 4. The van der Waals surface area contributed by atoms with Gasteiger partial charge in [0.1, 0.15) is 17.2 Å². The number of hydrogen-bond acceptors (Lipinski definition) is 2. The summed E-state index contributed by atoms with van der Waals surface area (Å²) in [6, 6.07) is 5.40. The normalized spacial score (nSPS) is 10.4. The lowest BCUT2D eigenvalue weighted by Gasteiger charge is -2.08. The lowest BCUT2D eigenvalue weighted by molar-refractivity contribution is 0.111. The van der Waals surface area contributed by atoms with Gasteiger partial charge in [-0.15, -0.1) is 0 Å². The molecular weight excluding hydrogens is 299 g/mol. The van der Waals surface area contributed by atoms with Gasteiger partial charge < -0.3 is 0 Å². The molecule has 0 fully saturated rings. The van der Waals surface area contributed by atoms with Crippen LogP contribution in [0.2, 0.25) is 15.1 Å². The van der Waals surface area contributed by atoms with E-state index in [2.05, 4.69) is 4.98 Å². The van der Waals surface area contributed by atoms with Crippen molar-refractivity contribution in [3.8, 4) is 11.3 Å². The zero-order chi connectivity index (χ0) is 13.3. The van der Waals surface area contributed by atoms with E-state index in [0.29, 0.717) is 6.29 Å². The third-order valence-corrected chi connectivity index (χ3v) is 3.57. The minimum atomic E-state index is -0.596. The van der Waals surface area contributed by atoms with Crippen molar-refractivity contribution >= 4 is 41.1 Å². The van der Waals surface area contributed by atoms with Crippen LogP contribution in [0.4, 0.5) is 4.39 Å². The van der Waals surface area contributed by atoms with Gasteiger partial charge in [-0.05, 0) is 24.3 Å². The quantitative estimate of drug-likeness (QED) is 0.596. The highest BCUT2D eigenvalue weighted by Crippen LogP contribution is 2.38. The topological polar surface area (TPSA) is 30.0 Å². The molecule has 0 N–H and O–H groups in total. The number of carbonyl (C=O) groups excluding carboxylic acids is 1. The fourth-order valence-corrected chi connectivity index (χ4v) is 2.05. The van der Waals surface area contributed by atoms with E-state index in [0.717, 1.165) is 6.07 Å². The molecule has 0 atom stereocenters. The van der Waals surface area contributed by atoms with E-state index < -0.39 is 5.82 Å². The molecule has 1 heterocycles. The van der Waals surface area contributed by atoms with Crippen molar-refractivity contribution in [1.82, 2.24) is 4.98 Å². The molecule has 18 heavy (non-hydrogen) atoms. The molecule has 0 radical (unpaired) electrons. The lowest BCUT2D eigenvalue weighted by atomic mass is 10.1. The monoisotopic (exact) mass is 303 g/mol. The second kappa shape index (κ2) is 5.22. The van der Waals surface area contributed by atoms with Gasteiger partial charge in [0.05, 0.1) is 15.1 Å². The highest BCUT2D eigenvalue weighted by molar-refractivity contribution is 6.49. The Balaban J connectivity index is 2.69. The van der Waals surface area contributed by atoms with Crippen molar-refractivity contribution in [2.75, 3.05) is 0 Å². The molecule has 2 aromatic rings. The number of nitrogens with zero attached hydrogens (tertiary/aromatic N) is 1. The van der Waals surface area contributed by atoms with Crippen molar-refractivity contribution in [3.63, 3.8) is 0 Å². The van der Waals surface area contributed by atoms with Crippen LogP contribution in [0, 0.1) is 5.82 Å². The van der Waals surface area contributed by atoms with E-state index in [4.69, 9.17) is 34.8 Å². The second-order valence-corrected chi connectivity index (χ2v) is 4.57. The van der Waals surface area contributed by atoms with E-state index in [1.807, 2.05) is 0 Å². The molecule has 0 bridgehead atoms. The largest absolute Gasteiger partial charge is 0.296 e. The Morgan fingerprint density at radius 3 is 2.44 bits per heavy atom. The van der Waals surface area contributed by atoms with E-state index in [1.165, 1.54) is 18.2 Å². The Kier molecular flexibility index (Phi) is 3.85. The molecule has 6 heteroatoms. The molecule has 1 aromatic carbocycles. The number of aromatic nitrogens is 1. The van der Waals surface area contributed by atoms with Crippen molar-refractivity contribution in [2.45, 2.75) is 0 Å². The number of benzene rings is 1. The molecule has 0 aliphatic carbocycles. The van der Waals surface area contributed by atoms with Gasteiger partial charge >= 0.3 is 0 Å². The molecular formula is C12H5Cl3FNO. The number of aldehydes is 1. The summed E-state index contributed by atoms with van der Waals surface area (Å²) in [5.41, 5.74) is 0.351. The molecule has 92 valence electrons. The number of carbonyl (C=O) groups is 1. The van der Waals surface area contributed by atoms with Crippen LogP contribution in [0.15, 0.2) is 24.3 Å². The van der Waals surface area contributed by atoms with Gasteiger partial charge in [-0.3, -0.25) is 4.79 Å². The van der Waals surface area contributed by atoms with E-state index in [1.54, 1.807) is 0 Å². The Labute approximate surface area is 117 Å². The Morgan fingerprint density at radius 2 is 1.78 bits per heavy atom. The summed E-state index contributed by atoms with van der Waals surface area (Å²) in [5.74, 6) is -0.596. The maximum atomic E-state index is 13.7. The molecule has 0 spiro atoms. The molecule has 2 nitrogen and oxygen atoms in total. The maximum Gasteiger partial charge on any atom is 0.168 e. The zero-order valence-corrected chi connectivity index (χ0v) is 11.0. The average molecular weight is 305 g/mol. The van der Waals surface area contributed by atoms with Crippen LogP contribution < -0.4 is 0 Å². The molecule has 0 aliphatic rings. The predicted octanol–water partition coefficient (Wildman–Crippen LogP) is 4.66. The van der Waals surface area contributed by atoms with E-state index >= 15 is 0 Å². The Bertz CT molecular complexity index is 631. The smallest absolute Gasteiger partial charge is 0.168 e. The van der Waals surface area contributed by atoms with Crippen molar-refractivity contribution in [3.05, 3.63) is 50.8 Å². The van der Waals surface area contributed by atoms with Gasteiger partial charge in [0, 0.05) is 5.56 Å². The Hall–Kier alpha value is -1.16. The first-order valence-corrected chi connectivity index (χ1v) is 5.93. The standard InChI is InChI=1S/C12H5Cl3FNO/c13-8-3-2-7(10(14)11(8)15)12-9(16)4-1-6(5-18)17-12/h1-5H. The minimum Gasteiger partial charge on any atom is -0.296 e. The van der Waals surface area contributed by atoms with Gasteiger partial charge in [0.25, 0.3) is 0 Å². The van der Waals surface area contributed by atoms with Crippen LogP contribution in [-0.4, -0.2) is 11.3 Å². The summed E-state index contributed by atoms with van der Waals surface area (Å²) in [7, 11) is 0. The summed E-state index contributed by atoms with van der Waals surface area (Å²) < 4.78 is 13.7.